The highest BCUT2D eigenvalue weighted by Gasteiger charge is 2.27. The average molecular weight is 186 g/mol. The van der Waals surface area contributed by atoms with E-state index in [9.17, 15) is 4.79 Å². The van der Waals surface area contributed by atoms with Crippen molar-refractivity contribution < 1.29 is 14.3 Å². The van der Waals surface area contributed by atoms with Crippen LogP contribution in [0.1, 0.15) is 33.1 Å². The number of ether oxygens (including phenoxy) is 2. The highest BCUT2D eigenvalue weighted by molar-refractivity contribution is 5.79. The van der Waals surface area contributed by atoms with Crippen LogP contribution in [0.5, 0.6) is 0 Å². The quantitative estimate of drug-likeness (QED) is 0.670. The van der Waals surface area contributed by atoms with Crippen molar-refractivity contribution in [1.82, 2.24) is 0 Å². The van der Waals surface area contributed by atoms with E-state index >= 15 is 0 Å². The third-order valence-corrected chi connectivity index (χ3v) is 2.46. The lowest BCUT2D eigenvalue weighted by molar-refractivity contribution is -0.131. The monoisotopic (exact) mass is 186 g/mol. The van der Waals surface area contributed by atoms with Crippen molar-refractivity contribution in [2.24, 2.45) is 0 Å². The number of carbonyl (C=O) groups is 1. The van der Waals surface area contributed by atoms with E-state index in [1.807, 2.05) is 13.8 Å². The number of methoxy groups -OCH3 is 1. The molecule has 76 valence electrons. The second kappa shape index (κ2) is 4.20. The van der Waals surface area contributed by atoms with Gasteiger partial charge in [0.25, 0.3) is 0 Å². The Hall–Kier alpha value is -0.410. The standard InChI is InChI=1S/C10H18O3/c1-10(2,12-3)7-9-6-8(11)4-5-13-9/h9H,4-7H2,1-3H3. The van der Waals surface area contributed by atoms with Gasteiger partial charge in [0.2, 0.25) is 0 Å². The molecule has 1 saturated heterocycles. The van der Waals surface area contributed by atoms with Gasteiger partial charge in [0.1, 0.15) is 5.78 Å². The van der Waals surface area contributed by atoms with Crippen molar-refractivity contribution in [3.63, 3.8) is 0 Å². The van der Waals surface area contributed by atoms with Crippen LogP contribution in [0.2, 0.25) is 0 Å². The molecule has 0 saturated carbocycles. The highest BCUT2D eigenvalue weighted by Crippen LogP contribution is 2.22. The molecule has 1 aliphatic heterocycles. The van der Waals surface area contributed by atoms with Gasteiger partial charge in [0.15, 0.2) is 0 Å². The van der Waals surface area contributed by atoms with E-state index in [1.54, 1.807) is 7.11 Å². The predicted molar refractivity (Wildman–Crippen MR) is 49.7 cm³/mol. The van der Waals surface area contributed by atoms with Crippen LogP contribution >= 0.6 is 0 Å². The molecule has 1 atom stereocenters. The predicted octanol–water partition coefficient (Wildman–Crippen LogP) is 1.55. The summed E-state index contributed by atoms with van der Waals surface area (Å²) in [6.07, 6.45) is 1.96. The molecule has 0 spiro atoms. The Morgan fingerprint density at radius 2 is 2.31 bits per heavy atom. The molecule has 1 fully saturated rings. The van der Waals surface area contributed by atoms with Gasteiger partial charge in [-0.3, -0.25) is 4.79 Å². The minimum atomic E-state index is -0.192. The molecule has 0 aromatic rings. The van der Waals surface area contributed by atoms with Crippen molar-refractivity contribution in [2.75, 3.05) is 13.7 Å². The summed E-state index contributed by atoms with van der Waals surface area (Å²) in [6, 6.07) is 0. The molecule has 0 amide bonds. The molecule has 0 aromatic heterocycles. The normalized spacial score (nSPS) is 24.8. The summed E-state index contributed by atoms with van der Waals surface area (Å²) in [5.74, 6) is 0.308. The van der Waals surface area contributed by atoms with Gasteiger partial charge < -0.3 is 9.47 Å². The number of ketones is 1. The summed E-state index contributed by atoms with van der Waals surface area (Å²) >= 11 is 0. The van der Waals surface area contributed by atoms with Crippen LogP contribution in [0.25, 0.3) is 0 Å². The minimum absolute atomic E-state index is 0.0520. The van der Waals surface area contributed by atoms with Gasteiger partial charge in [-0.2, -0.15) is 0 Å². The van der Waals surface area contributed by atoms with Crippen LogP contribution in [0, 0.1) is 0 Å². The number of hydrogen-bond donors (Lipinski definition) is 0. The van der Waals surface area contributed by atoms with E-state index in [-0.39, 0.29) is 11.7 Å². The Labute approximate surface area is 79.4 Å². The molecule has 1 aliphatic rings. The second-order valence-electron chi connectivity index (χ2n) is 4.15. The zero-order valence-corrected chi connectivity index (χ0v) is 8.63. The minimum Gasteiger partial charge on any atom is -0.379 e. The van der Waals surface area contributed by atoms with Crippen molar-refractivity contribution in [1.29, 1.82) is 0 Å². The Morgan fingerprint density at radius 3 is 2.85 bits per heavy atom. The van der Waals surface area contributed by atoms with Crippen molar-refractivity contribution in [2.45, 2.75) is 44.8 Å². The number of Topliss-reactive ketones (excluding diaryl/α,β-unsaturated/α-hetero) is 1. The van der Waals surface area contributed by atoms with Gasteiger partial charge in [-0.1, -0.05) is 0 Å². The van der Waals surface area contributed by atoms with Gasteiger partial charge in [-0.15, -0.1) is 0 Å². The Morgan fingerprint density at radius 1 is 1.62 bits per heavy atom. The van der Waals surface area contributed by atoms with Crippen LogP contribution < -0.4 is 0 Å². The zero-order chi connectivity index (χ0) is 9.90. The molecule has 1 heterocycles. The van der Waals surface area contributed by atoms with E-state index < -0.39 is 0 Å². The summed E-state index contributed by atoms with van der Waals surface area (Å²) in [5.41, 5.74) is -0.192. The third-order valence-electron chi connectivity index (χ3n) is 2.46. The molecule has 0 aliphatic carbocycles. The lowest BCUT2D eigenvalue weighted by Crippen LogP contribution is -2.34. The molecule has 0 aromatic carbocycles. The molecule has 3 heteroatoms. The molecule has 13 heavy (non-hydrogen) atoms. The number of hydrogen-bond acceptors (Lipinski definition) is 3. The molecule has 3 nitrogen and oxygen atoms in total. The maximum atomic E-state index is 11.1. The second-order valence-corrected chi connectivity index (χ2v) is 4.15. The third kappa shape index (κ3) is 3.44. The van der Waals surface area contributed by atoms with Gasteiger partial charge in [-0.05, 0) is 13.8 Å². The van der Waals surface area contributed by atoms with Crippen LogP contribution in [-0.4, -0.2) is 31.2 Å². The van der Waals surface area contributed by atoms with E-state index in [2.05, 4.69) is 0 Å². The number of carbonyl (C=O) groups excluding carboxylic acids is 1. The molecule has 0 bridgehead atoms. The molecular weight excluding hydrogens is 168 g/mol. The van der Waals surface area contributed by atoms with E-state index in [4.69, 9.17) is 9.47 Å². The van der Waals surface area contributed by atoms with Crippen molar-refractivity contribution in [3.05, 3.63) is 0 Å². The molecule has 0 radical (unpaired) electrons. The summed E-state index contributed by atoms with van der Waals surface area (Å²) < 4.78 is 10.8. The first-order valence-corrected chi connectivity index (χ1v) is 4.72. The summed E-state index contributed by atoms with van der Waals surface area (Å²) in [7, 11) is 1.69. The lowest BCUT2D eigenvalue weighted by Gasteiger charge is -2.30. The zero-order valence-electron chi connectivity index (χ0n) is 8.63. The Kier molecular flexibility index (Phi) is 3.45. The van der Waals surface area contributed by atoms with Gasteiger partial charge in [-0.25, -0.2) is 0 Å². The summed E-state index contributed by atoms with van der Waals surface area (Å²) in [4.78, 5) is 11.1. The first-order valence-electron chi connectivity index (χ1n) is 4.72. The van der Waals surface area contributed by atoms with E-state index in [0.717, 1.165) is 6.42 Å². The maximum Gasteiger partial charge on any atom is 0.137 e. The Bertz CT molecular complexity index is 187. The fourth-order valence-corrected chi connectivity index (χ4v) is 1.52. The molecule has 0 N–H and O–H groups in total. The highest BCUT2D eigenvalue weighted by atomic mass is 16.5. The van der Waals surface area contributed by atoms with E-state index in [1.165, 1.54) is 0 Å². The first-order chi connectivity index (χ1) is 6.03. The van der Waals surface area contributed by atoms with Gasteiger partial charge in [0, 0.05) is 26.4 Å². The topological polar surface area (TPSA) is 35.5 Å². The maximum absolute atomic E-state index is 11.1. The Balaban J connectivity index is 2.40. The molecule has 1 rings (SSSR count). The summed E-state index contributed by atoms with van der Waals surface area (Å²) in [5, 5.41) is 0. The van der Waals surface area contributed by atoms with E-state index in [0.29, 0.717) is 25.2 Å². The number of rotatable bonds is 3. The molecule has 1 unspecified atom stereocenters. The molecular formula is C10H18O3. The van der Waals surface area contributed by atoms with Crippen LogP contribution in [0.15, 0.2) is 0 Å². The van der Waals surface area contributed by atoms with Crippen LogP contribution in [-0.2, 0) is 14.3 Å². The smallest absolute Gasteiger partial charge is 0.137 e. The van der Waals surface area contributed by atoms with Gasteiger partial charge in [0.05, 0.1) is 18.3 Å². The average Bonchev–Trinajstić information content (AvgIpc) is 2.03. The van der Waals surface area contributed by atoms with Crippen LogP contribution in [0.3, 0.4) is 0 Å². The first kappa shape index (κ1) is 10.7. The summed E-state index contributed by atoms with van der Waals surface area (Å²) in [6.45, 7) is 4.59. The lowest BCUT2D eigenvalue weighted by atomic mass is 9.95. The van der Waals surface area contributed by atoms with Gasteiger partial charge >= 0.3 is 0 Å². The van der Waals surface area contributed by atoms with Crippen molar-refractivity contribution in [3.8, 4) is 0 Å². The van der Waals surface area contributed by atoms with Crippen molar-refractivity contribution >= 4 is 5.78 Å². The van der Waals surface area contributed by atoms with Crippen LogP contribution in [0.4, 0.5) is 0 Å². The largest absolute Gasteiger partial charge is 0.379 e. The fraction of sp³-hybridized carbons (Fsp3) is 0.900. The fourth-order valence-electron chi connectivity index (χ4n) is 1.52. The SMILES string of the molecule is COC(C)(C)CC1CC(=O)CCO1.